The number of hydrogen-bond acceptors (Lipinski definition) is 2. The van der Waals surface area contributed by atoms with Gasteiger partial charge in [-0.2, -0.15) is 0 Å². The first-order valence-electron chi connectivity index (χ1n) is 5.51. The van der Waals surface area contributed by atoms with Crippen LogP contribution in [-0.2, 0) is 4.74 Å². The Bertz CT molecular complexity index is 439. The first kappa shape index (κ1) is 12.6. The van der Waals surface area contributed by atoms with Crippen molar-refractivity contribution in [1.29, 1.82) is 0 Å². The van der Waals surface area contributed by atoms with Gasteiger partial charge in [0, 0.05) is 13.5 Å². The monoisotopic (exact) mass is 294 g/mol. The van der Waals surface area contributed by atoms with Gasteiger partial charge in [0.25, 0.3) is 0 Å². The van der Waals surface area contributed by atoms with Gasteiger partial charge in [0.2, 0.25) is 0 Å². The van der Waals surface area contributed by atoms with E-state index in [1.165, 1.54) is 0 Å². The van der Waals surface area contributed by atoms with Crippen molar-refractivity contribution < 1.29 is 9.84 Å². The van der Waals surface area contributed by atoms with Crippen molar-refractivity contribution in [3.8, 4) is 0 Å². The molecule has 0 spiro atoms. The molecule has 0 aromatic heterocycles. The number of halogens is 1. The number of alkyl halides is 1. The molecule has 1 aromatic carbocycles. The molecule has 1 N–H and O–H groups in total. The highest BCUT2D eigenvalue weighted by atomic mass is 79.9. The lowest BCUT2D eigenvalue weighted by Crippen LogP contribution is -2.22. The van der Waals surface area contributed by atoms with Crippen LogP contribution in [0.5, 0.6) is 0 Å². The van der Waals surface area contributed by atoms with Gasteiger partial charge in [-0.25, -0.2) is 0 Å². The summed E-state index contributed by atoms with van der Waals surface area (Å²) in [4.78, 5) is 0. The Morgan fingerprint density at radius 2 is 2.06 bits per heavy atom. The molecule has 0 aliphatic heterocycles. The molecule has 1 aromatic rings. The van der Waals surface area contributed by atoms with Crippen molar-refractivity contribution in [3.63, 3.8) is 0 Å². The molecule has 2 unspecified atom stereocenters. The highest BCUT2D eigenvalue weighted by Gasteiger charge is 2.25. The molecule has 2 rings (SSSR count). The minimum Gasteiger partial charge on any atom is -0.384 e. The number of aliphatic hydroxyl groups excluding tert-OH is 1. The van der Waals surface area contributed by atoms with Gasteiger partial charge in [0.1, 0.15) is 10.6 Å². The second kappa shape index (κ2) is 5.17. The zero-order valence-electron chi connectivity index (χ0n) is 9.64. The zero-order valence-corrected chi connectivity index (χ0v) is 11.2. The fraction of sp³-hybridized carbons (Fsp3) is 0.286. The molecule has 0 saturated heterocycles. The van der Waals surface area contributed by atoms with Crippen LogP contribution in [0.4, 0.5) is 0 Å². The summed E-state index contributed by atoms with van der Waals surface area (Å²) in [5.74, 6) is 0. The standard InChI is InChI=1S/C14H15BrO2/c1-17-14(15)9-7-12(8-10-14)13(16)11-5-3-2-4-6-11/h2-9,13,16H,10H2,1H3. The Labute approximate surface area is 110 Å². The van der Waals surface area contributed by atoms with E-state index in [-0.39, 0.29) is 0 Å². The van der Waals surface area contributed by atoms with Gasteiger partial charge in [0.05, 0.1) is 0 Å². The topological polar surface area (TPSA) is 29.5 Å². The van der Waals surface area contributed by atoms with Gasteiger partial charge < -0.3 is 9.84 Å². The van der Waals surface area contributed by atoms with Crippen molar-refractivity contribution in [2.45, 2.75) is 17.0 Å². The number of ether oxygens (including phenoxy) is 1. The molecular formula is C14H15BrO2. The number of methoxy groups -OCH3 is 1. The average Bonchev–Trinajstić information content (AvgIpc) is 2.40. The maximum Gasteiger partial charge on any atom is 0.144 e. The van der Waals surface area contributed by atoms with Gasteiger partial charge in [-0.05, 0) is 33.1 Å². The van der Waals surface area contributed by atoms with Crippen molar-refractivity contribution in [2.75, 3.05) is 7.11 Å². The van der Waals surface area contributed by atoms with Crippen molar-refractivity contribution in [1.82, 2.24) is 0 Å². The van der Waals surface area contributed by atoms with Crippen LogP contribution >= 0.6 is 15.9 Å². The van der Waals surface area contributed by atoms with E-state index in [1.54, 1.807) is 7.11 Å². The van der Waals surface area contributed by atoms with Crippen LogP contribution in [0.3, 0.4) is 0 Å². The third-order valence-corrected chi connectivity index (χ3v) is 3.82. The first-order valence-corrected chi connectivity index (χ1v) is 6.30. The van der Waals surface area contributed by atoms with Gasteiger partial charge in [-0.3, -0.25) is 0 Å². The third-order valence-electron chi connectivity index (χ3n) is 2.91. The fourth-order valence-electron chi connectivity index (χ4n) is 1.80. The molecule has 1 aliphatic carbocycles. The van der Waals surface area contributed by atoms with E-state index in [9.17, 15) is 5.11 Å². The van der Waals surface area contributed by atoms with Crippen LogP contribution in [-0.4, -0.2) is 16.7 Å². The molecule has 0 amide bonds. The lowest BCUT2D eigenvalue weighted by atomic mass is 9.96. The average molecular weight is 295 g/mol. The highest BCUT2D eigenvalue weighted by molar-refractivity contribution is 9.10. The fourth-order valence-corrected chi connectivity index (χ4v) is 2.09. The molecule has 3 heteroatoms. The molecule has 2 atom stereocenters. The number of aliphatic hydroxyl groups is 1. The summed E-state index contributed by atoms with van der Waals surface area (Å²) in [7, 11) is 1.66. The summed E-state index contributed by atoms with van der Waals surface area (Å²) < 4.78 is 4.89. The predicted molar refractivity (Wildman–Crippen MR) is 71.9 cm³/mol. The first-order chi connectivity index (χ1) is 8.14. The summed E-state index contributed by atoms with van der Waals surface area (Å²) in [5, 5.41) is 10.2. The Hall–Kier alpha value is -0.900. The van der Waals surface area contributed by atoms with E-state index in [0.717, 1.165) is 11.1 Å². The molecule has 17 heavy (non-hydrogen) atoms. The zero-order chi connectivity index (χ0) is 12.3. The molecule has 0 fully saturated rings. The van der Waals surface area contributed by atoms with E-state index < -0.39 is 10.6 Å². The van der Waals surface area contributed by atoms with Crippen molar-refractivity contribution in [2.24, 2.45) is 0 Å². The number of hydrogen-bond donors (Lipinski definition) is 1. The van der Waals surface area contributed by atoms with E-state index >= 15 is 0 Å². The number of benzene rings is 1. The Morgan fingerprint density at radius 1 is 1.35 bits per heavy atom. The second-order valence-corrected chi connectivity index (χ2v) is 5.39. The smallest absolute Gasteiger partial charge is 0.144 e. The largest absolute Gasteiger partial charge is 0.384 e. The molecule has 0 radical (unpaired) electrons. The molecule has 0 bridgehead atoms. The van der Waals surface area contributed by atoms with E-state index in [2.05, 4.69) is 15.9 Å². The van der Waals surface area contributed by atoms with Crippen molar-refractivity contribution in [3.05, 3.63) is 59.7 Å². The molecule has 90 valence electrons. The quantitative estimate of drug-likeness (QED) is 0.867. The third kappa shape index (κ3) is 2.86. The van der Waals surface area contributed by atoms with E-state index in [0.29, 0.717) is 6.42 Å². The van der Waals surface area contributed by atoms with Crippen LogP contribution in [0.15, 0.2) is 54.1 Å². The maximum atomic E-state index is 10.2. The molecule has 0 saturated carbocycles. The van der Waals surface area contributed by atoms with Crippen LogP contribution in [0.25, 0.3) is 0 Å². The highest BCUT2D eigenvalue weighted by Crippen LogP contribution is 2.34. The van der Waals surface area contributed by atoms with Gasteiger partial charge in [-0.1, -0.05) is 42.5 Å². The lowest BCUT2D eigenvalue weighted by molar-refractivity contribution is 0.117. The Morgan fingerprint density at radius 3 is 2.59 bits per heavy atom. The van der Waals surface area contributed by atoms with Crippen LogP contribution < -0.4 is 0 Å². The lowest BCUT2D eigenvalue weighted by Gasteiger charge is -2.25. The van der Waals surface area contributed by atoms with E-state index in [4.69, 9.17) is 4.74 Å². The summed E-state index contributed by atoms with van der Waals surface area (Å²) in [6.07, 6.45) is 5.96. The Balaban J connectivity index is 2.14. The van der Waals surface area contributed by atoms with Gasteiger partial charge >= 0.3 is 0 Å². The summed E-state index contributed by atoms with van der Waals surface area (Å²) >= 11 is 3.49. The molecule has 2 nitrogen and oxygen atoms in total. The summed E-state index contributed by atoms with van der Waals surface area (Å²) in [6, 6.07) is 9.64. The minimum atomic E-state index is -0.568. The van der Waals surface area contributed by atoms with Crippen LogP contribution in [0.1, 0.15) is 18.1 Å². The Kier molecular flexibility index (Phi) is 3.82. The van der Waals surface area contributed by atoms with Gasteiger partial charge in [-0.15, -0.1) is 0 Å². The second-order valence-electron chi connectivity index (χ2n) is 4.05. The van der Waals surface area contributed by atoms with E-state index in [1.807, 2.05) is 48.6 Å². The van der Waals surface area contributed by atoms with Crippen LogP contribution in [0, 0.1) is 0 Å². The number of rotatable bonds is 3. The predicted octanol–water partition coefficient (Wildman–Crippen LogP) is 3.34. The van der Waals surface area contributed by atoms with Crippen LogP contribution in [0.2, 0.25) is 0 Å². The minimum absolute atomic E-state index is 0.424. The summed E-state index contributed by atoms with van der Waals surface area (Å²) in [6.45, 7) is 0. The summed E-state index contributed by atoms with van der Waals surface area (Å²) in [5.41, 5.74) is 1.81. The SMILES string of the molecule is COC1(Br)C=CC(C(O)c2ccccc2)=CC1. The molecule has 0 heterocycles. The normalized spacial score (nSPS) is 25.5. The van der Waals surface area contributed by atoms with Crippen molar-refractivity contribution >= 4 is 15.9 Å². The van der Waals surface area contributed by atoms with Gasteiger partial charge in [0.15, 0.2) is 0 Å². The maximum absolute atomic E-state index is 10.2. The molecule has 1 aliphatic rings. The molecular weight excluding hydrogens is 280 g/mol.